The monoisotopic (exact) mass is 433 g/mol. The molecule has 0 bridgehead atoms. The fraction of sp³-hybridized carbons (Fsp3) is 0.235. The third-order valence-electron chi connectivity index (χ3n) is 3.12. The van der Waals surface area contributed by atoms with Gasteiger partial charge in [-0.3, -0.25) is 6.79 Å². The predicted molar refractivity (Wildman–Crippen MR) is 107 cm³/mol. The quantitative estimate of drug-likeness (QED) is 0.236. The van der Waals surface area contributed by atoms with E-state index in [4.69, 9.17) is 4.79 Å². The SMILES string of the molecule is PCCNCC[PH+](c1ccccc1)c1ccccc1.[B].[CH-]=O.[RuH+2]. The van der Waals surface area contributed by atoms with Crippen molar-refractivity contribution in [1.82, 2.24) is 5.32 Å². The Labute approximate surface area is 158 Å². The second-order valence-electron chi connectivity index (χ2n) is 4.50. The Hall–Kier alpha value is -0.382. The number of rotatable bonds is 7. The Morgan fingerprint density at radius 1 is 0.870 bits per heavy atom. The van der Waals surface area contributed by atoms with Crippen molar-refractivity contribution in [3.8, 4) is 0 Å². The molecular formula is C17H24BNOP2Ru+2. The van der Waals surface area contributed by atoms with Gasteiger partial charge >= 0.3 is 19.5 Å². The molecule has 0 saturated carbocycles. The summed E-state index contributed by atoms with van der Waals surface area (Å²) < 4.78 is 0. The van der Waals surface area contributed by atoms with E-state index >= 15 is 0 Å². The van der Waals surface area contributed by atoms with E-state index in [1.165, 1.54) is 16.8 Å². The first-order chi connectivity index (χ1) is 10.4. The van der Waals surface area contributed by atoms with Gasteiger partial charge in [0.1, 0.15) is 0 Å². The van der Waals surface area contributed by atoms with Gasteiger partial charge < -0.3 is 10.1 Å². The molecule has 0 saturated heterocycles. The van der Waals surface area contributed by atoms with E-state index in [0.717, 1.165) is 19.3 Å². The van der Waals surface area contributed by atoms with Gasteiger partial charge in [-0.15, -0.1) is 9.24 Å². The molecule has 0 amide bonds. The summed E-state index contributed by atoms with van der Waals surface area (Å²) in [5, 5.41) is 6.52. The van der Waals surface area contributed by atoms with Crippen molar-refractivity contribution in [3.05, 3.63) is 60.7 Å². The second kappa shape index (κ2) is 16.5. The van der Waals surface area contributed by atoms with Crippen LogP contribution in [0, 0.1) is 0 Å². The van der Waals surface area contributed by atoms with E-state index in [0.29, 0.717) is 0 Å². The van der Waals surface area contributed by atoms with Crippen LogP contribution in [0.5, 0.6) is 0 Å². The molecule has 1 unspecified atom stereocenters. The molecule has 1 N–H and O–H groups in total. The molecule has 0 heterocycles. The Kier molecular flexibility index (Phi) is 17.8. The molecule has 122 valence electrons. The Bertz CT molecular complexity index is 451. The first-order valence-electron chi connectivity index (χ1n) is 7.03. The van der Waals surface area contributed by atoms with Crippen LogP contribution in [0.15, 0.2) is 60.7 Å². The number of hydrogen-bond donors (Lipinski definition) is 1. The number of benzene rings is 2. The van der Waals surface area contributed by atoms with Crippen LogP contribution in [0.25, 0.3) is 0 Å². The van der Waals surface area contributed by atoms with Crippen molar-refractivity contribution in [3.63, 3.8) is 0 Å². The zero-order chi connectivity index (χ0) is 15.3. The molecule has 2 aromatic rings. The molecule has 0 aromatic heterocycles. The molecule has 0 aliphatic heterocycles. The zero-order valence-electron chi connectivity index (χ0n) is 13.1. The predicted octanol–water partition coefficient (Wildman–Crippen LogP) is 1.39. The maximum atomic E-state index is 7.75. The molecule has 3 radical (unpaired) electrons. The Balaban J connectivity index is 0. The van der Waals surface area contributed by atoms with Crippen LogP contribution in [0.2, 0.25) is 0 Å². The molecule has 0 spiro atoms. The van der Waals surface area contributed by atoms with Gasteiger partial charge in [0.25, 0.3) is 0 Å². The summed E-state index contributed by atoms with van der Waals surface area (Å²) in [5.41, 5.74) is 0. The van der Waals surface area contributed by atoms with Crippen LogP contribution < -0.4 is 15.9 Å². The third kappa shape index (κ3) is 9.48. The van der Waals surface area contributed by atoms with Crippen molar-refractivity contribution in [2.45, 2.75) is 0 Å². The third-order valence-corrected chi connectivity index (χ3v) is 6.22. The van der Waals surface area contributed by atoms with E-state index in [-0.39, 0.29) is 27.9 Å². The van der Waals surface area contributed by atoms with Crippen molar-refractivity contribution in [2.24, 2.45) is 0 Å². The Morgan fingerprint density at radius 3 is 1.70 bits per heavy atom. The first-order valence-corrected chi connectivity index (χ1v) is 9.55. The van der Waals surface area contributed by atoms with E-state index < -0.39 is 7.92 Å². The second-order valence-corrected chi connectivity index (χ2v) is 7.69. The van der Waals surface area contributed by atoms with Gasteiger partial charge in [-0.1, -0.05) is 36.4 Å². The summed E-state index contributed by atoms with van der Waals surface area (Å²) in [6.45, 7) is 5.44. The maximum absolute atomic E-state index is 7.75. The normalized spacial score (nSPS) is 9.13. The topological polar surface area (TPSA) is 29.1 Å². The van der Waals surface area contributed by atoms with Crippen LogP contribution >= 0.6 is 17.2 Å². The van der Waals surface area contributed by atoms with Gasteiger partial charge in [0.15, 0.2) is 0 Å². The fourth-order valence-corrected chi connectivity index (χ4v) is 4.91. The molecule has 2 nitrogen and oxygen atoms in total. The molecule has 2 aromatic carbocycles. The van der Waals surface area contributed by atoms with Gasteiger partial charge in [0, 0.05) is 15.0 Å². The number of carbonyl (C=O) groups excluding carboxylic acids is 1. The average molecular weight is 432 g/mol. The minimum atomic E-state index is -0.650. The van der Waals surface area contributed by atoms with E-state index in [1.807, 2.05) is 0 Å². The summed E-state index contributed by atoms with van der Waals surface area (Å²) in [5.74, 6) is 0. The fourth-order valence-electron chi connectivity index (χ4n) is 2.17. The standard InChI is InChI=1S/C16H21NP2.CHO.B.Ru.H/c18-13-11-17-12-14-19(15-7-3-1-4-8-15)16-9-5-2-6-10-16;1-2;;;/h1-10,17H,11-14,18H2;1H;;;/q;-1;;+2;/p+1. The van der Waals surface area contributed by atoms with Gasteiger partial charge in [0.2, 0.25) is 0 Å². The van der Waals surface area contributed by atoms with E-state index in [2.05, 4.69) is 82.0 Å². The summed E-state index contributed by atoms with van der Waals surface area (Å²) in [6.07, 6.45) is 2.36. The van der Waals surface area contributed by atoms with Crippen molar-refractivity contribution < 1.29 is 24.3 Å². The molecule has 0 aliphatic rings. The van der Waals surface area contributed by atoms with Gasteiger partial charge in [-0.05, 0) is 37.0 Å². The van der Waals surface area contributed by atoms with Crippen molar-refractivity contribution in [2.75, 3.05) is 25.4 Å². The van der Waals surface area contributed by atoms with Gasteiger partial charge in [-0.25, -0.2) is 0 Å². The van der Waals surface area contributed by atoms with Crippen molar-refractivity contribution in [1.29, 1.82) is 0 Å². The molecule has 6 heteroatoms. The average Bonchev–Trinajstić information content (AvgIpc) is 2.58. The zero-order valence-corrected chi connectivity index (χ0v) is 17.1. The number of hydrogen-bond acceptors (Lipinski definition) is 2. The van der Waals surface area contributed by atoms with E-state index in [9.17, 15) is 0 Å². The Morgan fingerprint density at radius 2 is 1.30 bits per heavy atom. The van der Waals surface area contributed by atoms with E-state index in [1.54, 1.807) is 0 Å². The summed E-state index contributed by atoms with van der Waals surface area (Å²) in [7, 11) is 2.12. The molecule has 23 heavy (non-hydrogen) atoms. The van der Waals surface area contributed by atoms with Crippen molar-refractivity contribution >= 4 is 43.0 Å². The number of nitrogens with one attached hydrogen (secondary N) is 1. The van der Waals surface area contributed by atoms with Crippen LogP contribution in [0.1, 0.15) is 0 Å². The summed E-state index contributed by atoms with van der Waals surface area (Å²) >= 11 is 0. The molecule has 0 aliphatic carbocycles. The summed E-state index contributed by atoms with van der Waals surface area (Å²) in [6, 6.07) is 21.9. The molecular weight excluding hydrogens is 408 g/mol. The van der Waals surface area contributed by atoms with Crippen LogP contribution in [0.4, 0.5) is 0 Å². The van der Waals surface area contributed by atoms with Crippen LogP contribution in [-0.2, 0) is 24.3 Å². The van der Waals surface area contributed by atoms with Crippen LogP contribution in [0.3, 0.4) is 0 Å². The van der Waals surface area contributed by atoms with Gasteiger partial charge in [0.05, 0.1) is 24.7 Å². The molecule has 1 atom stereocenters. The molecule has 0 fully saturated rings. The van der Waals surface area contributed by atoms with Crippen LogP contribution in [-0.4, -0.2) is 40.6 Å². The first kappa shape index (κ1) is 24.9. The molecule has 2 rings (SSSR count). The minimum absolute atomic E-state index is 0. The van der Waals surface area contributed by atoms with Gasteiger partial charge in [-0.2, -0.15) is 0 Å². The summed E-state index contributed by atoms with van der Waals surface area (Å²) in [4.78, 5) is 7.75.